The molecule has 1 N–H and O–H groups in total. The molecule has 0 atom stereocenters. The van der Waals surface area contributed by atoms with E-state index in [1.54, 1.807) is 18.2 Å². The average molecular weight is 258 g/mol. The topological polar surface area (TPSA) is 29.9 Å². The predicted octanol–water partition coefficient (Wildman–Crippen LogP) is 3.54. The van der Waals surface area contributed by atoms with Crippen molar-refractivity contribution in [2.24, 2.45) is 0 Å². The SMILES string of the molecule is FC(F)n1ccnc1CNc1ccccc1Cl. The summed E-state index contributed by atoms with van der Waals surface area (Å²) in [6.07, 6.45) is 2.59. The number of aromatic nitrogens is 2. The van der Waals surface area contributed by atoms with E-state index in [-0.39, 0.29) is 12.4 Å². The molecule has 0 saturated carbocycles. The minimum Gasteiger partial charge on any atom is -0.377 e. The summed E-state index contributed by atoms with van der Waals surface area (Å²) in [5.74, 6) is 0.264. The Hall–Kier alpha value is -1.62. The van der Waals surface area contributed by atoms with Crippen LogP contribution in [0.4, 0.5) is 14.5 Å². The van der Waals surface area contributed by atoms with Crippen LogP contribution in [0.25, 0.3) is 0 Å². The van der Waals surface area contributed by atoms with E-state index in [9.17, 15) is 8.78 Å². The molecule has 1 aromatic carbocycles. The number of rotatable bonds is 4. The number of hydrogen-bond donors (Lipinski definition) is 1. The first-order valence-corrected chi connectivity index (χ1v) is 5.34. The number of para-hydroxylation sites is 1. The Morgan fingerprint density at radius 3 is 2.82 bits per heavy atom. The summed E-state index contributed by atoms with van der Waals surface area (Å²) in [6.45, 7) is -2.39. The van der Waals surface area contributed by atoms with Gasteiger partial charge in [-0.2, -0.15) is 8.78 Å². The second-order valence-electron chi connectivity index (χ2n) is 3.36. The Balaban J connectivity index is 2.08. The van der Waals surface area contributed by atoms with Gasteiger partial charge < -0.3 is 5.32 Å². The Morgan fingerprint density at radius 1 is 1.35 bits per heavy atom. The number of imidazole rings is 1. The molecule has 2 rings (SSSR count). The van der Waals surface area contributed by atoms with Gasteiger partial charge in [-0.1, -0.05) is 23.7 Å². The summed E-state index contributed by atoms with van der Waals surface area (Å²) in [5.41, 5.74) is 0.693. The van der Waals surface area contributed by atoms with Crippen LogP contribution in [0.2, 0.25) is 5.02 Å². The number of benzene rings is 1. The number of hydrogen-bond acceptors (Lipinski definition) is 2. The molecule has 2 aromatic rings. The van der Waals surface area contributed by atoms with Crippen LogP contribution in [-0.2, 0) is 6.54 Å². The van der Waals surface area contributed by atoms with E-state index in [1.165, 1.54) is 12.4 Å². The van der Waals surface area contributed by atoms with Gasteiger partial charge in [0.25, 0.3) is 0 Å². The molecule has 0 aliphatic heterocycles. The first-order chi connectivity index (χ1) is 8.18. The lowest BCUT2D eigenvalue weighted by Gasteiger charge is -2.09. The quantitative estimate of drug-likeness (QED) is 0.908. The van der Waals surface area contributed by atoms with Crippen LogP contribution < -0.4 is 5.32 Å². The number of nitrogens with zero attached hydrogens (tertiary/aromatic N) is 2. The van der Waals surface area contributed by atoms with Crippen LogP contribution in [0.15, 0.2) is 36.7 Å². The lowest BCUT2D eigenvalue weighted by Crippen LogP contribution is -2.09. The van der Waals surface area contributed by atoms with Gasteiger partial charge in [-0.3, -0.25) is 4.57 Å². The maximum Gasteiger partial charge on any atom is 0.319 e. The fourth-order valence-corrected chi connectivity index (χ4v) is 1.64. The van der Waals surface area contributed by atoms with E-state index in [2.05, 4.69) is 10.3 Å². The zero-order valence-electron chi connectivity index (χ0n) is 8.78. The highest BCUT2D eigenvalue weighted by atomic mass is 35.5. The Bertz CT molecular complexity index is 499. The van der Waals surface area contributed by atoms with Crippen LogP contribution in [0.1, 0.15) is 12.4 Å². The van der Waals surface area contributed by atoms with E-state index >= 15 is 0 Å². The Labute approximate surface area is 102 Å². The molecule has 0 saturated heterocycles. The van der Waals surface area contributed by atoms with Gasteiger partial charge in [0.15, 0.2) is 0 Å². The number of nitrogens with one attached hydrogen (secondary N) is 1. The van der Waals surface area contributed by atoms with E-state index in [0.717, 1.165) is 4.57 Å². The third-order valence-electron chi connectivity index (χ3n) is 2.27. The van der Waals surface area contributed by atoms with Crippen molar-refractivity contribution in [2.75, 3.05) is 5.32 Å². The van der Waals surface area contributed by atoms with Gasteiger partial charge in [0.05, 0.1) is 17.3 Å². The normalized spacial score (nSPS) is 10.8. The molecule has 0 aliphatic rings. The van der Waals surface area contributed by atoms with Crippen LogP contribution in [0.3, 0.4) is 0 Å². The largest absolute Gasteiger partial charge is 0.377 e. The second kappa shape index (κ2) is 5.14. The van der Waals surface area contributed by atoms with Gasteiger partial charge in [0, 0.05) is 12.4 Å². The fraction of sp³-hybridized carbons (Fsp3) is 0.182. The van der Waals surface area contributed by atoms with Crippen molar-refractivity contribution in [2.45, 2.75) is 13.1 Å². The first kappa shape index (κ1) is 11.9. The van der Waals surface area contributed by atoms with Crippen molar-refractivity contribution >= 4 is 17.3 Å². The van der Waals surface area contributed by atoms with E-state index in [4.69, 9.17) is 11.6 Å². The monoisotopic (exact) mass is 257 g/mol. The number of alkyl halides is 2. The molecule has 0 aliphatic carbocycles. The second-order valence-corrected chi connectivity index (χ2v) is 3.77. The van der Waals surface area contributed by atoms with Crippen molar-refractivity contribution in [3.8, 4) is 0 Å². The van der Waals surface area contributed by atoms with Crippen molar-refractivity contribution < 1.29 is 8.78 Å². The zero-order chi connectivity index (χ0) is 12.3. The minimum absolute atomic E-state index is 0.196. The molecular formula is C11H10ClF2N3. The van der Waals surface area contributed by atoms with Gasteiger partial charge in [-0.25, -0.2) is 4.98 Å². The van der Waals surface area contributed by atoms with Crippen LogP contribution in [0, 0.1) is 0 Å². The summed E-state index contributed by atoms with van der Waals surface area (Å²) >= 11 is 5.93. The predicted molar refractivity (Wildman–Crippen MR) is 62.3 cm³/mol. The maximum absolute atomic E-state index is 12.5. The van der Waals surface area contributed by atoms with Gasteiger partial charge in [0.2, 0.25) is 0 Å². The number of anilines is 1. The maximum atomic E-state index is 12.5. The molecule has 0 radical (unpaired) electrons. The van der Waals surface area contributed by atoms with E-state index in [1.807, 2.05) is 6.07 Å². The third kappa shape index (κ3) is 2.74. The fourth-order valence-electron chi connectivity index (χ4n) is 1.44. The molecular weight excluding hydrogens is 248 g/mol. The summed E-state index contributed by atoms with van der Waals surface area (Å²) in [4.78, 5) is 3.86. The summed E-state index contributed by atoms with van der Waals surface area (Å²) in [7, 11) is 0. The molecule has 6 heteroatoms. The average Bonchev–Trinajstić information content (AvgIpc) is 2.76. The molecule has 90 valence electrons. The molecule has 0 amide bonds. The van der Waals surface area contributed by atoms with Gasteiger partial charge >= 0.3 is 6.55 Å². The van der Waals surface area contributed by atoms with Gasteiger partial charge in [-0.05, 0) is 12.1 Å². The lowest BCUT2D eigenvalue weighted by atomic mass is 10.3. The molecule has 0 spiro atoms. The minimum atomic E-state index is -2.58. The van der Waals surface area contributed by atoms with Gasteiger partial charge in [-0.15, -0.1) is 0 Å². The molecule has 17 heavy (non-hydrogen) atoms. The molecule has 1 heterocycles. The lowest BCUT2D eigenvalue weighted by molar-refractivity contribution is 0.0673. The molecule has 0 unspecified atom stereocenters. The summed E-state index contributed by atoms with van der Waals surface area (Å²) in [5, 5.41) is 3.51. The highest BCUT2D eigenvalue weighted by molar-refractivity contribution is 6.33. The molecule has 1 aromatic heterocycles. The van der Waals surface area contributed by atoms with Crippen molar-refractivity contribution in [1.29, 1.82) is 0 Å². The van der Waals surface area contributed by atoms with Gasteiger partial charge in [0.1, 0.15) is 5.82 Å². The molecule has 0 fully saturated rings. The smallest absolute Gasteiger partial charge is 0.319 e. The summed E-state index contributed by atoms with van der Waals surface area (Å²) < 4.78 is 25.9. The molecule has 0 bridgehead atoms. The molecule has 3 nitrogen and oxygen atoms in total. The standard InChI is InChI=1S/C11H10ClF2N3/c12-8-3-1-2-4-9(8)16-7-10-15-5-6-17(10)11(13)14/h1-6,11,16H,7H2. The van der Waals surface area contributed by atoms with E-state index < -0.39 is 6.55 Å². The third-order valence-corrected chi connectivity index (χ3v) is 2.60. The Morgan fingerprint density at radius 2 is 2.12 bits per heavy atom. The zero-order valence-corrected chi connectivity index (χ0v) is 9.53. The highest BCUT2D eigenvalue weighted by Gasteiger charge is 2.11. The Kier molecular flexibility index (Phi) is 3.58. The summed E-state index contributed by atoms with van der Waals surface area (Å²) in [6, 6.07) is 7.11. The van der Waals surface area contributed by atoms with Crippen LogP contribution >= 0.6 is 11.6 Å². The van der Waals surface area contributed by atoms with Crippen LogP contribution in [-0.4, -0.2) is 9.55 Å². The van der Waals surface area contributed by atoms with Crippen LogP contribution in [0.5, 0.6) is 0 Å². The van der Waals surface area contributed by atoms with E-state index in [0.29, 0.717) is 10.7 Å². The first-order valence-electron chi connectivity index (χ1n) is 4.97. The number of halogens is 3. The van der Waals surface area contributed by atoms with Crippen molar-refractivity contribution in [3.05, 3.63) is 47.5 Å². The van der Waals surface area contributed by atoms with Crippen molar-refractivity contribution in [3.63, 3.8) is 0 Å². The van der Waals surface area contributed by atoms with Crippen molar-refractivity contribution in [1.82, 2.24) is 9.55 Å². The highest BCUT2D eigenvalue weighted by Crippen LogP contribution is 2.21.